The molecule has 4 heteroatoms. The van der Waals surface area contributed by atoms with E-state index in [2.05, 4.69) is 5.32 Å². The van der Waals surface area contributed by atoms with Crippen LogP contribution in [0, 0.1) is 11.8 Å². The van der Waals surface area contributed by atoms with Gasteiger partial charge >= 0.3 is 0 Å². The molecule has 0 aromatic rings. The van der Waals surface area contributed by atoms with Gasteiger partial charge in [-0.05, 0) is 5.92 Å². The van der Waals surface area contributed by atoms with E-state index in [1.807, 2.05) is 27.7 Å². The minimum Gasteiger partial charge on any atom is -0.372 e. The lowest BCUT2D eigenvalue weighted by Crippen LogP contribution is -2.29. The molecule has 4 nitrogen and oxygen atoms in total. The Hall–Kier alpha value is -0.900. The summed E-state index contributed by atoms with van der Waals surface area (Å²) in [6.07, 6.45) is 0.533. The number of ketones is 1. The van der Waals surface area contributed by atoms with Gasteiger partial charge in [0.05, 0.1) is 6.61 Å². The summed E-state index contributed by atoms with van der Waals surface area (Å²) < 4.78 is 5.15. The van der Waals surface area contributed by atoms with Crippen LogP contribution in [-0.2, 0) is 14.3 Å². The van der Waals surface area contributed by atoms with Gasteiger partial charge in [0.2, 0.25) is 5.91 Å². The predicted molar refractivity (Wildman–Crippen MR) is 65.2 cm³/mol. The number of amides is 1. The zero-order valence-corrected chi connectivity index (χ0v) is 10.7. The van der Waals surface area contributed by atoms with Crippen molar-refractivity contribution in [3.05, 3.63) is 0 Å². The molecule has 0 aliphatic heterocycles. The number of carbonyl (C=O) groups is 2. The summed E-state index contributed by atoms with van der Waals surface area (Å²) in [4.78, 5) is 22.4. The average molecular weight is 231 g/mol. The van der Waals surface area contributed by atoms with Gasteiger partial charge in [-0.1, -0.05) is 27.7 Å². The highest BCUT2D eigenvalue weighted by Gasteiger charge is 2.07. The van der Waals surface area contributed by atoms with Gasteiger partial charge in [0.25, 0.3) is 0 Å². The van der Waals surface area contributed by atoms with Gasteiger partial charge in [-0.2, -0.15) is 0 Å². The van der Waals surface area contributed by atoms with E-state index in [0.717, 1.165) is 0 Å². The smallest absolute Gasteiger partial charge is 0.220 e. The molecule has 1 N–H and O–H groups in total. The molecule has 0 rings (SSSR count). The van der Waals surface area contributed by atoms with Gasteiger partial charge in [0.15, 0.2) is 5.78 Å². The van der Waals surface area contributed by atoms with E-state index in [4.69, 9.17) is 4.74 Å². The minimum absolute atomic E-state index is 0. The third-order valence-electron chi connectivity index (χ3n) is 2.05. The highest BCUT2D eigenvalue weighted by atomic mass is 16.5. The number of carbonyl (C=O) groups excluding carboxylic acids is 2. The Morgan fingerprint density at radius 3 is 2.38 bits per heavy atom. The lowest BCUT2D eigenvalue weighted by molar-refractivity contribution is -0.126. The Balaban J connectivity index is 0. The van der Waals surface area contributed by atoms with Crippen molar-refractivity contribution >= 4 is 11.7 Å². The molecule has 0 aliphatic carbocycles. The van der Waals surface area contributed by atoms with Crippen molar-refractivity contribution in [1.82, 2.24) is 5.32 Å². The van der Waals surface area contributed by atoms with Gasteiger partial charge in [-0.15, -0.1) is 0 Å². The van der Waals surface area contributed by atoms with E-state index in [0.29, 0.717) is 25.5 Å². The van der Waals surface area contributed by atoms with Crippen LogP contribution in [-0.4, -0.2) is 31.4 Å². The van der Waals surface area contributed by atoms with Gasteiger partial charge < -0.3 is 10.1 Å². The van der Waals surface area contributed by atoms with Crippen molar-refractivity contribution in [2.45, 2.75) is 34.1 Å². The molecule has 16 heavy (non-hydrogen) atoms. The Labute approximate surface area is 99.2 Å². The number of Topliss-reactive ketones (excluding diaryl/α,β-unsaturated/α-hetero) is 1. The van der Waals surface area contributed by atoms with Crippen LogP contribution in [0.1, 0.15) is 35.5 Å². The van der Waals surface area contributed by atoms with Crippen molar-refractivity contribution in [3.8, 4) is 0 Å². The van der Waals surface area contributed by atoms with Crippen molar-refractivity contribution in [2.24, 2.45) is 11.8 Å². The van der Waals surface area contributed by atoms with Crippen LogP contribution >= 0.6 is 0 Å². The molecule has 0 heterocycles. The topological polar surface area (TPSA) is 55.4 Å². The molecule has 0 fully saturated rings. The molecule has 96 valence electrons. The van der Waals surface area contributed by atoms with Crippen LogP contribution in [0.5, 0.6) is 0 Å². The van der Waals surface area contributed by atoms with Crippen LogP contribution in [0.4, 0.5) is 0 Å². The van der Waals surface area contributed by atoms with E-state index in [9.17, 15) is 9.59 Å². The quantitative estimate of drug-likeness (QED) is 0.646. The van der Waals surface area contributed by atoms with Crippen molar-refractivity contribution < 1.29 is 15.8 Å². The van der Waals surface area contributed by atoms with Gasteiger partial charge in [-0.25, -0.2) is 0 Å². The van der Waals surface area contributed by atoms with Gasteiger partial charge in [0.1, 0.15) is 6.61 Å². The molecule has 0 aromatic heterocycles. The molecule has 0 spiro atoms. The SMILES string of the molecule is CC(C)CC(=O)NCCOCC(=O)C(C)C.[HH]. The maximum absolute atomic E-state index is 11.2. The van der Waals surface area contributed by atoms with Crippen LogP contribution < -0.4 is 5.32 Å². The summed E-state index contributed by atoms with van der Waals surface area (Å²) in [5.41, 5.74) is 0. The number of hydrogen-bond acceptors (Lipinski definition) is 3. The predicted octanol–water partition coefficient (Wildman–Crippen LogP) is 1.64. The van der Waals surface area contributed by atoms with Crippen LogP contribution in [0.2, 0.25) is 0 Å². The summed E-state index contributed by atoms with van der Waals surface area (Å²) in [6.45, 7) is 8.68. The third kappa shape index (κ3) is 8.41. The average Bonchev–Trinajstić information content (AvgIpc) is 2.15. The monoisotopic (exact) mass is 231 g/mol. The molecule has 0 saturated carbocycles. The maximum Gasteiger partial charge on any atom is 0.220 e. The first-order valence-corrected chi connectivity index (χ1v) is 5.80. The molecule has 0 bridgehead atoms. The van der Waals surface area contributed by atoms with E-state index in [-0.39, 0.29) is 25.6 Å². The molecule has 0 unspecified atom stereocenters. The van der Waals surface area contributed by atoms with E-state index in [1.165, 1.54) is 0 Å². The fraction of sp³-hybridized carbons (Fsp3) is 0.833. The third-order valence-corrected chi connectivity index (χ3v) is 2.05. The van der Waals surface area contributed by atoms with Crippen molar-refractivity contribution in [2.75, 3.05) is 19.8 Å². The number of rotatable bonds is 8. The molecule has 0 radical (unpaired) electrons. The number of ether oxygens (including phenoxy) is 1. The standard InChI is InChI=1S/C12H23NO3.H2/c1-9(2)7-12(15)13-5-6-16-8-11(14)10(3)4;/h9-10H,5-8H2,1-4H3,(H,13,15);1H. The van der Waals surface area contributed by atoms with Crippen LogP contribution in [0.3, 0.4) is 0 Å². The largest absolute Gasteiger partial charge is 0.372 e. The number of hydrogen-bond donors (Lipinski definition) is 1. The second kappa shape index (κ2) is 8.28. The first-order valence-electron chi connectivity index (χ1n) is 5.80. The zero-order chi connectivity index (χ0) is 12.6. The fourth-order valence-corrected chi connectivity index (χ4v) is 1.05. The number of nitrogens with one attached hydrogen (secondary N) is 1. The Morgan fingerprint density at radius 1 is 1.25 bits per heavy atom. The molecular weight excluding hydrogens is 206 g/mol. The first-order chi connectivity index (χ1) is 7.43. The molecule has 0 atom stereocenters. The van der Waals surface area contributed by atoms with Crippen LogP contribution in [0.25, 0.3) is 0 Å². The first kappa shape index (κ1) is 15.1. The molecule has 1 amide bonds. The normalized spacial score (nSPS) is 10.9. The lowest BCUT2D eigenvalue weighted by Gasteiger charge is -2.08. The van der Waals surface area contributed by atoms with Gasteiger partial charge in [-0.3, -0.25) is 9.59 Å². The lowest BCUT2D eigenvalue weighted by atomic mass is 10.1. The van der Waals surface area contributed by atoms with Crippen molar-refractivity contribution in [1.29, 1.82) is 0 Å². The summed E-state index contributed by atoms with van der Waals surface area (Å²) >= 11 is 0. The summed E-state index contributed by atoms with van der Waals surface area (Å²) in [5.74, 6) is 0.501. The van der Waals surface area contributed by atoms with Crippen LogP contribution in [0.15, 0.2) is 0 Å². The summed E-state index contributed by atoms with van der Waals surface area (Å²) in [5, 5.41) is 2.74. The molecular formula is C12H25NO3. The maximum atomic E-state index is 11.2. The van der Waals surface area contributed by atoms with E-state index >= 15 is 0 Å². The zero-order valence-electron chi connectivity index (χ0n) is 10.7. The fourth-order valence-electron chi connectivity index (χ4n) is 1.05. The molecule has 0 aromatic carbocycles. The van der Waals surface area contributed by atoms with E-state index in [1.54, 1.807) is 0 Å². The highest BCUT2D eigenvalue weighted by Crippen LogP contribution is 1.97. The second-order valence-corrected chi connectivity index (χ2v) is 4.62. The van der Waals surface area contributed by atoms with Crippen molar-refractivity contribution in [3.63, 3.8) is 0 Å². The highest BCUT2D eigenvalue weighted by molar-refractivity contribution is 5.81. The minimum atomic E-state index is 0. The Morgan fingerprint density at radius 2 is 1.88 bits per heavy atom. The Kier molecular flexibility index (Phi) is 7.81. The van der Waals surface area contributed by atoms with Gasteiger partial charge in [0, 0.05) is 20.3 Å². The summed E-state index contributed by atoms with van der Waals surface area (Å²) in [6, 6.07) is 0. The van der Waals surface area contributed by atoms with E-state index < -0.39 is 0 Å². The molecule has 0 aliphatic rings. The molecule has 0 saturated heterocycles. The Bertz CT molecular complexity index is 230. The second-order valence-electron chi connectivity index (χ2n) is 4.62. The summed E-state index contributed by atoms with van der Waals surface area (Å²) in [7, 11) is 0.